The van der Waals surface area contributed by atoms with Crippen LogP contribution in [0, 0.1) is 5.92 Å². The van der Waals surface area contributed by atoms with Gasteiger partial charge in [0.25, 0.3) is 0 Å². The number of aryl methyl sites for hydroxylation is 1. The zero-order valence-corrected chi connectivity index (χ0v) is 20.9. The van der Waals surface area contributed by atoms with E-state index in [4.69, 9.17) is 14.0 Å². The third-order valence-corrected chi connectivity index (χ3v) is 8.19. The van der Waals surface area contributed by atoms with Crippen LogP contribution in [-0.2, 0) is 15.7 Å². The number of benzene rings is 1. The van der Waals surface area contributed by atoms with E-state index < -0.39 is 0 Å². The summed E-state index contributed by atoms with van der Waals surface area (Å²) >= 11 is 0. The lowest BCUT2D eigenvalue weighted by Crippen LogP contribution is -2.49. The van der Waals surface area contributed by atoms with Gasteiger partial charge in [-0.05, 0) is 103 Å². The summed E-state index contributed by atoms with van der Waals surface area (Å²) in [5.41, 5.74) is 4.48. The lowest BCUT2D eigenvalue weighted by Gasteiger charge is -2.47. The van der Waals surface area contributed by atoms with Gasteiger partial charge >= 0.3 is 7.12 Å². The van der Waals surface area contributed by atoms with Crippen LogP contribution in [0.1, 0.15) is 105 Å². The minimum absolute atomic E-state index is 0.176. The van der Waals surface area contributed by atoms with Crippen molar-refractivity contribution in [3.05, 3.63) is 34.9 Å². The van der Waals surface area contributed by atoms with Crippen LogP contribution < -0.4 is 10.2 Å². The molecular weight excluding hydrogens is 383 g/mol. The zero-order chi connectivity index (χ0) is 22.6. The first-order chi connectivity index (χ1) is 14.4. The quantitative estimate of drug-likeness (QED) is 0.314. The molecule has 0 spiro atoms. The Morgan fingerprint density at radius 3 is 2.32 bits per heavy atom. The van der Waals surface area contributed by atoms with Gasteiger partial charge in [0.1, 0.15) is 11.4 Å². The van der Waals surface area contributed by atoms with Gasteiger partial charge in [-0.1, -0.05) is 37.5 Å². The molecule has 1 fully saturated rings. The molecule has 1 aromatic rings. The average Bonchev–Trinajstić information content (AvgIpc) is 2.88. The molecule has 2 atom stereocenters. The van der Waals surface area contributed by atoms with Crippen LogP contribution in [0.15, 0.2) is 23.8 Å². The van der Waals surface area contributed by atoms with Crippen molar-refractivity contribution in [2.24, 2.45) is 5.92 Å². The number of hydrogen-bond donors (Lipinski definition) is 0. The Balaban J connectivity index is 1.82. The molecule has 0 N–H and O–H groups in total. The van der Waals surface area contributed by atoms with Gasteiger partial charge < -0.3 is 14.0 Å². The highest BCUT2D eigenvalue weighted by Gasteiger charge is 2.54. The number of rotatable bonds is 5. The second-order valence-corrected chi connectivity index (χ2v) is 11.6. The summed E-state index contributed by atoms with van der Waals surface area (Å²) in [6.45, 7) is 17.6. The maximum absolute atomic E-state index is 6.73. The summed E-state index contributed by atoms with van der Waals surface area (Å²) in [4.78, 5) is 0. The van der Waals surface area contributed by atoms with Gasteiger partial charge in [-0.15, -0.1) is 0 Å². The van der Waals surface area contributed by atoms with E-state index in [9.17, 15) is 0 Å². The fraction of sp³-hybridized carbons (Fsp3) is 0.704. The predicted molar refractivity (Wildman–Crippen MR) is 129 cm³/mol. The topological polar surface area (TPSA) is 27.7 Å². The van der Waals surface area contributed by atoms with Crippen molar-refractivity contribution in [3.63, 3.8) is 0 Å². The monoisotopic (exact) mass is 424 g/mol. The molecule has 4 rings (SSSR count). The van der Waals surface area contributed by atoms with E-state index >= 15 is 0 Å². The van der Waals surface area contributed by atoms with Crippen molar-refractivity contribution < 1.29 is 14.0 Å². The largest absolute Gasteiger partial charge is 0.495 e. The Morgan fingerprint density at radius 1 is 1.00 bits per heavy atom. The number of hydrogen-bond acceptors (Lipinski definition) is 3. The summed E-state index contributed by atoms with van der Waals surface area (Å²) in [7, 11) is -0.346. The van der Waals surface area contributed by atoms with Gasteiger partial charge in [0.15, 0.2) is 0 Å². The molecule has 31 heavy (non-hydrogen) atoms. The van der Waals surface area contributed by atoms with E-state index in [-0.39, 0.29) is 23.9 Å². The summed E-state index contributed by atoms with van der Waals surface area (Å²) in [5, 5.41) is 0. The number of ether oxygens (including phenoxy) is 1. The predicted octanol–water partition coefficient (Wildman–Crippen LogP) is 6.33. The molecule has 3 aliphatic rings. The van der Waals surface area contributed by atoms with Crippen molar-refractivity contribution in [1.29, 1.82) is 0 Å². The highest BCUT2D eigenvalue weighted by atomic mass is 16.7. The van der Waals surface area contributed by atoms with Crippen LogP contribution in [-0.4, -0.2) is 23.9 Å². The van der Waals surface area contributed by atoms with Crippen molar-refractivity contribution >= 4 is 12.6 Å². The van der Waals surface area contributed by atoms with Gasteiger partial charge in [0.2, 0.25) is 0 Å². The summed E-state index contributed by atoms with van der Waals surface area (Å²) in [5.74, 6) is 1.97. The van der Waals surface area contributed by atoms with E-state index in [1.54, 1.807) is 0 Å². The van der Waals surface area contributed by atoms with Crippen LogP contribution in [0.2, 0.25) is 0 Å². The first-order valence-electron chi connectivity index (χ1n) is 12.3. The average molecular weight is 424 g/mol. The third kappa shape index (κ3) is 4.11. The zero-order valence-electron chi connectivity index (χ0n) is 20.9. The fourth-order valence-electron chi connectivity index (χ4n) is 5.57. The van der Waals surface area contributed by atoms with Crippen LogP contribution in [0.5, 0.6) is 5.75 Å². The van der Waals surface area contributed by atoms with Crippen molar-refractivity contribution in [1.82, 2.24) is 0 Å². The molecule has 0 saturated carbocycles. The number of allylic oxidation sites excluding steroid dienone is 2. The minimum atomic E-state index is -0.348. The van der Waals surface area contributed by atoms with Gasteiger partial charge in [-0.2, -0.15) is 0 Å². The molecule has 2 heterocycles. The second kappa shape index (κ2) is 7.95. The SMILES string of the molecule is CCCCCc1cc2c(c(B3OC(C)(C)C(C)(C)O3)c1)[C@@H]1CC(C)=CC[C@H]1C(C)(C)O2. The minimum Gasteiger partial charge on any atom is -0.487 e. The molecule has 0 bridgehead atoms. The molecule has 0 radical (unpaired) electrons. The maximum Gasteiger partial charge on any atom is 0.495 e. The fourth-order valence-corrected chi connectivity index (χ4v) is 5.57. The van der Waals surface area contributed by atoms with Gasteiger partial charge in [-0.25, -0.2) is 0 Å². The smallest absolute Gasteiger partial charge is 0.487 e. The standard InChI is InChI=1S/C27H41BO3/c1-9-10-11-12-19-16-22(28-30-26(5,6)27(7,8)31-28)24-20-15-18(2)13-14-21(20)25(3,4)29-23(24)17-19/h13,16-17,20-21H,9-12,14-15H2,1-8H3/t20-,21-/m1/s1. The molecule has 0 aromatic heterocycles. The Bertz CT molecular complexity index is 851. The Hall–Kier alpha value is -1.26. The first kappa shape index (κ1) is 22.9. The van der Waals surface area contributed by atoms with E-state index in [1.807, 2.05) is 0 Å². The number of unbranched alkanes of at least 4 members (excludes halogenated alkanes) is 2. The lowest BCUT2D eigenvalue weighted by molar-refractivity contribution is 0.00578. The molecule has 3 nitrogen and oxygen atoms in total. The molecule has 2 aliphatic heterocycles. The maximum atomic E-state index is 6.73. The third-order valence-electron chi connectivity index (χ3n) is 8.19. The Labute approximate surface area is 190 Å². The molecule has 1 saturated heterocycles. The molecule has 1 aliphatic carbocycles. The van der Waals surface area contributed by atoms with Gasteiger partial charge in [0, 0.05) is 5.92 Å². The molecule has 1 aromatic carbocycles. The van der Waals surface area contributed by atoms with E-state index in [2.05, 4.69) is 73.6 Å². The van der Waals surface area contributed by atoms with E-state index in [1.165, 1.54) is 41.4 Å². The molecular formula is C27H41BO3. The van der Waals surface area contributed by atoms with Crippen LogP contribution in [0.3, 0.4) is 0 Å². The normalized spacial score (nSPS) is 27.9. The number of fused-ring (bicyclic) bond motifs is 3. The molecule has 0 unspecified atom stereocenters. The highest BCUT2D eigenvalue weighted by Crippen LogP contribution is 2.51. The van der Waals surface area contributed by atoms with Crippen molar-refractivity contribution in [2.75, 3.05) is 0 Å². The lowest BCUT2D eigenvalue weighted by atomic mass is 9.62. The van der Waals surface area contributed by atoms with E-state index in [0.717, 1.165) is 25.0 Å². The van der Waals surface area contributed by atoms with Crippen LogP contribution in [0.4, 0.5) is 0 Å². The van der Waals surface area contributed by atoms with Gasteiger partial charge in [-0.3, -0.25) is 0 Å². The second-order valence-electron chi connectivity index (χ2n) is 11.6. The summed E-state index contributed by atoms with van der Waals surface area (Å²) in [6.07, 6.45) is 9.33. The highest BCUT2D eigenvalue weighted by molar-refractivity contribution is 6.62. The summed E-state index contributed by atoms with van der Waals surface area (Å²) in [6, 6.07) is 4.67. The summed E-state index contributed by atoms with van der Waals surface area (Å²) < 4.78 is 19.9. The van der Waals surface area contributed by atoms with Crippen molar-refractivity contribution in [3.8, 4) is 5.75 Å². The van der Waals surface area contributed by atoms with Crippen molar-refractivity contribution in [2.45, 2.75) is 117 Å². The van der Waals surface area contributed by atoms with Crippen LogP contribution >= 0.6 is 0 Å². The molecule has 0 amide bonds. The molecule has 170 valence electrons. The van der Waals surface area contributed by atoms with E-state index in [0.29, 0.717) is 11.8 Å². The van der Waals surface area contributed by atoms with Gasteiger partial charge in [0.05, 0.1) is 11.2 Å². The Kier molecular flexibility index (Phi) is 5.88. The first-order valence-corrected chi connectivity index (χ1v) is 12.3. The molecule has 4 heteroatoms. The Morgan fingerprint density at radius 2 is 1.68 bits per heavy atom. The van der Waals surface area contributed by atoms with Crippen LogP contribution in [0.25, 0.3) is 0 Å².